The van der Waals surface area contributed by atoms with Gasteiger partial charge in [0, 0.05) is 11.6 Å². The van der Waals surface area contributed by atoms with Gasteiger partial charge in [-0.05, 0) is 12.1 Å². The van der Waals surface area contributed by atoms with E-state index in [0.717, 1.165) is 0 Å². The maximum Gasteiger partial charge on any atom is 0.125 e. The number of rotatable bonds is 2. The van der Waals surface area contributed by atoms with Gasteiger partial charge in [-0.3, -0.25) is 0 Å². The molecule has 1 atom stereocenters. The first kappa shape index (κ1) is 8.62. The molecule has 0 spiro atoms. The molecular formula is C9H10O3. The molecule has 0 aliphatic carbocycles. The minimum Gasteiger partial charge on any atom is -0.508 e. The van der Waals surface area contributed by atoms with Crippen LogP contribution in [0.3, 0.4) is 0 Å². The molecule has 1 unspecified atom stereocenters. The molecule has 0 saturated carbocycles. The topological polar surface area (TPSA) is 60.7 Å². The van der Waals surface area contributed by atoms with E-state index in [2.05, 4.69) is 6.58 Å². The molecule has 1 aromatic rings. The highest BCUT2D eigenvalue weighted by Gasteiger charge is 2.08. The van der Waals surface area contributed by atoms with Crippen LogP contribution in [0, 0.1) is 0 Å². The largest absolute Gasteiger partial charge is 0.508 e. The van der Waals surface area contributed by atoms with E-state index in [1.807, 2.05) is 0 Å². The van der Waals surface area contributed by atoms with Crippen molar-refractivity contribution in [1.82, 2.24) is 0 Å². The predicted molar refractivity (Wildman–Crippen MR) is 44.9 cm³/mol. The summed E-state index contributed by atoms with van der Waals surface area (Å²) in [6.07, 6.45) is 0.400. The van der Waals surface area contributed by atoms with E-state index in [-0.39, 0.29) is 11.5 Å². The molecule has 0 radical (unpaired) electrons. The molecule has 3 heteroatoms. The van der Waals surface area contributed by atoms with Crippen molar-refractivity contribution in [2.75, 3.05) is 0 Å². The summed E-state index contributed by atoms with van der Waals surface area (Å²) in [6.45, 7) is 3.38. The summed E-state index contributed by atoms with van der Waals surface area (Å²) in [4.78, 5) is 0. The smallest absolute Gasteiger partial charge is 0.125 e. The van der Waals surface area contributed by atoms with Crippen LogP contribution < -0.4 is 0 Å². The van der Waals surface area contributed by atoms with Gasteiger partial charge in [-0.15, -0.1) is 6.58 Å². The SMILES string of the molecule is C=CC(O)c1ccc(O)cc1O. The zero-order chi connectivity index (χ0) is 9.14. The van der Waals surface area contributed by atoms with Crippen LogP contribution in [0.1, 0.15) is 11.7 Å². The van der Waals surface area contributed by atoms with Crippen molar-refractivity contribution in [2.45, 2.75) is 6.10 Å². The quantitative estimate of drug-likeness (QED) is 0.580. The Bertz CT molecular complexity index is 294. The van der Waals surface area contributed by atoms with Gasteiger partial charge in [-0.2, -0.15) is 0 Å². The lowest BCUT2D eigenvalue weighted by Gasteiger charge is -2.07. The monoisotopic (exact) mass is 166 g/mol. The summed E-state index contributed by atoms with van der Waals surface area (Å²) < 4.78 is 0. The Morgan fingerprint density at radius 1 is 1.33 bits per heavy atom. The minimum absolute atomic E-state index is 0.0347. The molecule has 0 aliphatic rings. The predicted octanol–water partition coefficient (Wildman–Crippen LogP) is 1.32. The van der Waals surface area contributed by atoms with E-state index in [0.29, 0.717) is 5.56 Å². The molecule has 0 saturated heterocycles. The van der Waals surface area contributed by atoms with Crippen LogP contribution in [0.25, 0.3) is 0 Å². The highest BCUT2D eigenvalue weighted by Crippen LogP contribution is 2.27. The third-order valence-corrected chi connectivity index (χ3v) is 1.56. The highest BCUT2D eigenvalue weighted by molar-refractivity contribution is 5.41. The molecule has 64 valence electrons. The van der Waals surface area contributed by atoms with Crippen LogP contribution in [0.2, 0.25) is 0 Å². The van der Waals surface area contributed by atoms with Crippen LogP contribution in [-0.2, 0) is 0 Å². The van der Waals surface area contributed by atoms with Gasteiger partial charge >= 0.3 is 0 Å². The van der Waals surface area contributed by atoms with Gasteiger partial charge in [0.15, 0.2) is 0 Å². The second kappa shape index (κ2) is 3.28. The average molecular weight is 166 g/mol. The number of aromatic hydroxyl groups is 2. The number of aliphatic hydroxyl groups is 1. The fourth-order valence-corrected chi connectivity index (χ4v) is 0.909. The van der Waals surface area contributed by atoms with E-state index >= 15 is 0 Å². The normalized spacial score (nSPS) is 12.4. The Morgan fingerprint density at radius 2 is 2.00 bits per heavy atom. The number of phenols is 2. The van der Waals surface area contributed by atoms with Gasteiger partial charge in [0.2, 0.25) is 0 Å². The Hall–Kier alpha value is -1.48. The molecule has 0 amide bonds. The Labute approximate surface area is 70.2 Å². The maximum absolute atomic E-state index is 9.24. The van der Waals surface area contributed by atoms with E-state index in [4.69, 9.17) is 5.11 Å². The lowest BCUT2D eigenvalue weighted by Crippen LogP contribution is -1.92. The van der Waals surface area contributed by atoms with Gasteiger partial charge in [-0.25, -0.2) is 0 Å². The average Bonchev–Trinajstić information content (AvgIpc) is 2.03. The van der Waals surface area contributed by atoms with Gasteiger partial charge in [0.25, 0.3) is 0 Å². The number of aliphatic hydroxyl groups excluding tert-OH is 1. The first-order valence-electron chi connectivity index (χ1n) is 3.47. The van der Waals surface area contributed by atoms with Crippen LogP contribution in [0.5, 0.6) is 11.5 Å². The molecule has 0 aliphatic heterocycles. The van der Waals surface area contributed by atoms with Crippen LogP contribution >= 0.6 is 0 Å². The zero-order valence-corrected chi connectivity index (χ0v) is 6.44. The molecule has 3 N–H and O–H groups in total. The van der Waals surface area contributed by atoms with Crippen LogP contribution in [-0.4, -0.2) is 15.3 Å². The van der Waals surface area contributed by atoms with Crippen LogP contribution in [0.15, 0.2) is 30.9 Å². The summed E-state index contributed by atoms with van der Waals surface area (Å²) >= 11 is 0. The van der Waals surface area contributed by atoms with Gasteiger partial charge in [0.05, 0.1) is 0 Å². The summed E-state index contributed by atoms with van der Waals surface area (Å²) in [7, 11) is 0. The fraction of sp³-hybridized carbons (Fsp3) is 0.111. The Morgan fingerprint density at radius 3 is 2.50 bits per heavy atom. The van der Waals surface area contributed by atoms with E-state index in [9.17, 15) is 10.2 Å². The van der Waals surface area contributed by atoms with E-state index < -0.39 is 6.10 Å². The molecule has 1 rings (SSSR count). The molecule has 3 nitrogen and oxygen atoms in total. The van der Waals surface area contributed by atoms with E-state index in [1.165, 1.54) is 24.3 Å². The molecule has 0 heterocycles. The second-order valence-electron chi connectivity index (χ2n) is 2.42. The van der Waals surface area contributed by atoms with Crippen LogP contribution in [0.4, 0.5) is 0 Å². The third-order valence-electron chi connectivity index (χ3n) is 1.56. The molecule has 0 fully saturated rings. The molecule has 0 aromatic heterocycles. The second-order valence-corrected chi connectivity index (χ2v) is 2.42. The summed E-state index contributed by atoms with van der Waals surface area (Å²) in [5, 5.41) is 27.4. The number of hydrogen-bond donors (Lipinski definition) is 3. The first-order chi connectivity index (χ1) is 5.65. The number of benzene rings is 1. The highest BCUT2D eigenvalue weighted by atomic mass is 16.3. The zero-order valence-electron chi connectivity index (χ0n) is 6.44. The van der Waals surface area contributed by atoms with Crippen molar-refractivity contribution in [3.8, 4) is 11.5 Å². The first-order valence-corrected chi connectivity index (χ1v) is 3.47. The maximum atomic E-state index is 9.24. The van der Waals surface area contributed by atoms with E-state index in [1.54, 1.807) is 0 Å². The molecule has 0 bridgehead atoms. The number of phenolic OH excluding ortho intramolecular Hbond substituents is 2. The van der Waals surface area contributed by atoms with Crippen molar-refractivity contribution in [2.24, 2.45) is 0 Å². The van der Waals surface area contributed by atoms with Gasteiger partial charge in [-0.1, -0.05) is 6.08 Å². The Kier molecular flexibility index (Phi) is 2.35. The summed E-state index contributed by atoms with van der Waals surface area (Å²) in [6, 6.07) is 4.00. The van der Waals surface area contributed by atoms with Crippen molar-refractivity contribution in [1.29, 1.82) is 0 Å². The fourth-order valence-electron chi connectivity index (χ4n) is 0.909. The third kappa shape index (κ3) is 1.57. The van der Waals surface area contributed by atoms with Gasteiger partial charge in [0.1, 0.15) is 17.6 Å². The lowest BCUT2D eigenvalue weighted by molar-refractivity contribution is 0.224. The lowest BCUT2D eigenvalue weighted by atomic mass is 10.1. The van der Waals surface area contributed by atoms with Crippen molar-refractivity contribution >= 4 is 0 Å². The standard InChI is InChI=1S/C9H10O3/c1-2-8(11)7-4-3-6(10)5-9(7)12/h2-5,8,10-12H,1H2. The number of hydrogen-bond acceptors (Lipinski definition) is 3. The van der Waals surface area contributed by atoms with Crippen molar-refractivity contribution in [3.63, 3.8) is 0 Å². The summed E-state index contributed by atoms with van der Waals surface area (Å²) in [5.41, 5.74) is 0.336. The van der Waals surface area contributed by atoms with Crippen molar-refractivity contribution < 1.29 is 15.3 Å². The summed E-state index contributed by atoms with van der Waals surface area (Å²) in [5.74, 6) is -0.171. The molecule has 1 aromatic carbocycles. The van der Waals surface area contributed by atoms with Gasteiger partial charge < -0.3 is 15.3 Å². The molecular weight excluding hydrogens is 156 g/mol. The molecule has 12 heavy (non-hydrogen) atoms. The minimum atomic E-state index is -0.898. The van der Waals surface area contributed by atoms with Crippen molar-refractivity contribution in [3.05, 3.63) is 36.4 Å². The Balaban J connectivity index is 3.09.